The lowest BCUT2D eigenvalue weighted by atomic mass is 10.0. The normalized spacial score (nSPS) is 10.8. The van der Waals surface area contributed by atoms with Gasteiger partial charge in [-0.05, 0) is 41.8 Å². The van der Waals surface area contributed by atoms with Crippen LogP contribution in [0.1, 0.15) is 46.4 Å². The molecule has 1 amide bonds. The summed E-state index contributed by atoms with van der Waals surface area (Å²) in [5.41, 5.74) is 2.60. The summed E-state index contributed by atoms with van der Waals surface area (Å²) < 4.78 is 6.02. The first-order chi connectivity index (χ1) is 14.5. The van der Waals surface area contributed by atoms with Gasteiger partial charge in [0.1, 0.15) is 17.4 Å². The quantitative estimate of drug-likeness (QED) is 0.365. The first-order valence-corrected chi connectivity index (χ1v) is 11.0. The molecule has 0 aliphatic heterocycles. The number of nitrogens with zero attached hydrogens (tertiary/aromatic N) is 2. The molecular formula is C24H25ClN2O2S. The number of carbonyl (C=O) groups is 1. The van der Waals surface area contributed by atoms with Gasteiger partial charge in [-0.25, -0.2) is 4.98 Å². The Morgan fingerprint density at radius 1 is 1.23 bits per heavy atom. The number of hydrogen-bond acceptors (Lipinski definition) is 4. The van der Waals surface area contributed by atoms with Crippen molar-refractivity contribution in [1.29, 1.82) is 0 Å². The maximum atomic E-state index is 12.9. The van der Waals surface area contributed by atoms with E-state index in [1.165, 1.54) is 16.9 Å². The number of hydrogen-bond donors (Lipinski definition) is 0. The van der Waals surface area contributed by atoms with Crippen LogP contribution in [0.5, 0.6) is 5.75 Å². The van der Waals surface area contributed by atoms with E-state index in [1.807, 2.05) is 23.6 Å². The zero-order valence-electron chi connectivity index (χ0n) is 17.2. The Kier molecular flexibility index (Phi) is 7.66. The first kappa shape index (κ1) is 22.1. The van der Waals surface area contributed by atoms with Crippen LogP contribution in [0.15, 0.2) is 66.6 Å². The van der Waals surface area contributed by atoms with Crippen molar-refractivity contribution in [2.45, 2.75) is 32.9 Å². The second-order valence-electron chi connectivity index (χ2n) is 7.20. The van der Waals surface area contributed by atoms with Crippen molar-refractivity contribution in [2.24, 2.45) is 0 Å². The number of aromatic nitrogens is 1. The lowest BCUT2D eigenvalue weighted by Crippen LogP contribution is -2.30. The Morgan fingerprint density at radius 3 is 2.67 bits per heavy atom. The number of rotatable bonds is 9. The average molecular weight is 441 g/mol. The molecule has 0 fully saturated rings. The summed E-state index contributed by atoms with van der Waals surface area (Å²) in [7, 11) is 0. The molecule has 0 spiro atoms. The van der Waals surface area contributed by atoms with E-state index in [2.05, 4.69) is 31.5 Å². The van der Waals surface area contributed by atoms with Gasteiger partial charge in [-0.15, -0.1) is 17.9 Å². The molecule has 6 heteroatoms. The second kappa shape index (κ2) is 10.4. The van der Waals surface area contributed by atoms with Crippen LogP contribution in [-0.2, 0) is 13.2 Å². The van der Waals surface area contributed by atoms with Crippen LogP contribution in [0.2, 0.25) is 5.02 Å². The van der Waals surface area contributed by atoms with Crippen molar-refractivity contribution in [1.82, 2.24) is 9.88 Å². The molecule has 4 nitrogen and oxygen atoms in total. The summed E-state index contributed by atoms with van der Waals surface area (Å²) in [6.07, 6.45) is 1.72. The van der Waals surface area contributed by atoms with Gasteiger partial charge in [-0.2, -0.15) is 0 Å². The Balaban J connectivity index is 1.66. The Bertz CT molecular complexity index is 998. The van der Waals surface area contributed by atoms with Crippen molar-refractivity contribution in [3.63, 3.8) is 0 Å². The lowest BCUT2D eigenvalue weighted by molar-refractivity contribution is 0.0761. The van der Waals surface area contributed by atoms with E-state index in [9.17, 15) is 4.79 Å². The van der Waals surface area contributed by atoms with Crippen molar-refractivity contribution < 1.29 is 9.53 Å². The molecule has 0 atom stereocenters. The predicted octanol–water partition coefficient (Wildman–Crippen LogP) is 6.33. The average Bonchev–Trinajstić information content (AvgIpc) is 3.19. The van der Waals surface area contributed by atoms with E-state index in [4.69, 9.17) is 16.3 Å². The third kappa shape index (κ3) is 5.71. The molecule has 0 bridgehead atoms. The molecule has 1 heterocycles. The fourth-order valence-corrected chi connectivity index (χ4v) is 3.88. The Labute approximate surface area is 186 Å². The van der Waals surface area contributed by atoms with E-state index in [-0.39, 0.29) is 5.91 Å². The fraction of sp³-hybridized carbons (Fsp3) is 0.250. The molecule has 3 rings (SSSR count). The predicted molar refractivity (Wildman–Crippen MR) is 123 cm³/mol. The van der Waals surface area contributed by atoms with Crippen LogP contribution in [0.4, 0.5) is 0 Å². The summed E-state index contributed by atoms with van der Waals surface area (Å²) in [4.78, 5) is 19.2. The monoisotopic (exact) mass is 440 g/mol. The number of para-hydroxylation sites is 1. The van der Waals surface area contributed by atoms with Gasteiger partial charge in [0, 0.05) is 22.5 Å². The molecule has 0 aliphatic rings. The summed E-state index contributed by atoms with van der Waals surface area (Å²) >= 11 is 7.46. The minimum absolute atomic E-state index is 0.0803. The van der Waals surface area contributed by atoms with Gasteiger partial charge in [0.25, 0.3) is 5.91 Å². The molecule has 0 aliphatic carbocycles. The van der Waals surface area contributed by atoms with Crippen LogP contribution in [0.25, 0.3) is 0 Å². The van der Waals surface area contributed by atoms with Crippen LogP contribution < -0.4 is 4.74 Å². The zero-order chi connectivity index (χ0) is 21.5. The zero-order valence-corrected chi connectivity index (χ0v) is 18.7. The van der Waals surface area contributed by atoms with Gasteiger partial charge >= 0.3 is 0 Å². The van der Waals surface area contributed by atoms with E-state index in [0.717, 1.165) is 16.5 Å². The van der Waals surface area contributed by atoms with Gasteiger partial charge in [-0.1, -0.05) is 49.7 Å². The molecule has 2 aromatic carbocycles. The topological polar surface area (TPSA) is 42.4 Å². The van der Waals surface area contributed by atoms with Gasteiger partial charge in [0.15, 0.2) is 0 Å². The van der Waals surface area contributed by atoms with Crippen LogP contribution in [-0.4, -0.2) is 22.3 Å². The summed E-state index contributed by atoms with van der Waals surface area (Å²) in [5, 5.41) is 3.45. The van der Waals surface area contributed by atoms with E-state index < -0.39 is 0 Å². The number of carbonyl (C=O) groups excluding carboxylic acids is 1. The van der Waals surface area contributed by atoms with Crippen molar-refractivity contribution >= 4 is 28.8 Å². The van der Waals surface area contributed by atoms with E-state index in [1.54, 1.807) is 35.2 Å². The van der Waals surface area contributed by atoms with E-state index >= 15 is 0 Å². The number of amides is 1. The number of ether oxygens (including phenoxy) is 1. The third-order valence-electron chi connectivity index (χ3n) is 4.57. The standard InChI is InChI=1S/C24H25ClN2O2S/c1-4-13-27(24(28)18-9-11-19(25)12-10-18)14-20-16-30-23(26-20)15-29-22-8-6-5-7-21(22)17(2)3/h4-12,16-17H,1,13-15H2,2-3H3. The molecule has 1 aromatic heterocycles. The fourth-order valence-electron chi connectivity index (χ4n) is 3.06. The molecule has 156 valence electrons. The SMILES string of the molecule is C=CCN(Cc1csc(COc2ccccc2C(C)C)n1)C(=O)c1ccc(Cl)cc1. The molecular weight excluding hydrogens is 416 g/mol. The van der Waals surface area contributed by atoms with Crippen LogP contribution in [0.3, 0.4) is 0 Å². The number of benzene rings is 2. The number of thiazole rings is 1. The molecule has 0 radical (unpaired) electrons. The summed E-state index contributed by atoms with van der Waals surface area (Å²) in [6, 6.07) is 15.0. The van der Waals surface area contributed by atoms with Crippen LogP contribution in [0, 0.1) is 0 Å². The highest BCUT2D eigenvalue weighted by Gasteiger charge is 2.17. The van der Waals surface area contributed by atoms with Crippen molar-refractivity contribution in [2.75, 3.05) is 6.54 Å². The highest BCUT2D eigenvalue weighted by molar-refractivity contribution is 7.09. The molecule has 30 heavy (non-hydrogen) atoms. The number of halogens is 1. The van der Waals surface area contributed by atoms with Gasteiger partial charge in [-0.3, -0.25) is 4.79 Å². The smallest absolute Gasteiger partial charge is 0.254 e. The minimum Gasteiger partial charge on any atom is -0.486 e. The van der Waals surface area contributed by atoms with E-state index in [0.29, 0.717) is 36.2 Å². The second-order valence-corrected chi connectivity index (χ2v) is 8.57. The minimum atomic E-state index is -0.0803. The van der Waals surface area contributed by atoms with Gasteiger partial charge in [0.2, 0.25) is 0 Å². The maximum Gasteiger partial charge on any atom is 0.254 e. The maximum absolute atomic E-state index is 12.9. The third-order valence-corrected chi connectivity index (χ3v) is 5.70. The molecule has 0 unspecified atom stereocenters. The molecule has 0 saturated carbocycles. The molecule has 0 saturated heterocycles. The Morgan fingerprint density at radius 2 is 1.97 bits per heavy atom. The van der Waals surface area contributed by atoms with Gasteiger partial charge in [0.05, 0.1) is 12.2 Å². The molecule has 3 aromatic rings. The lowest BCUT2D eigenvalue weighted by Gasteiger charge is -2.20. The Hall–Kier alpha value is -2.63. The largest absolute Gasteiger partial charge is 0.486 e. The van der Waals surface area contributed by atoms with Crippen molar-refractivity contribution in [3.8, 4) is 5.75 Å². The van der Waals surface area contributed by atoms with Gasteiger partial charge < -0.3 is 9.64 Å². The van der Waals surface area contributed by atoms with Crippen LogP contribution >= 0.6 is 22.9 Å². The molecule has 0 N–H and O–H groups in total. The highest BCUT2D eigenvalue weighted by Crippen LogP contribution is 2.27. The summed E-state index contributed by atoms with van der Waals surface area (Å²) in [5.74, 6) is 1.19. The van der Waals surface area contributed by atoms with Crippen molar-refractivity contribution in [3.05, 3.63) is 93.4 Å². The highest BCUT2D eigenvalue weighted by atomic mass is 35.5. The first-order valence-electron chi connectivity index (χ1n) is 9.78. The summed E-state index contributed by atoms with van der Waals surface area (Å²) in [6.45, 7) is 9.32.